The number of fused-ring (bicyclic) bond motifs is 1. The van der Waals surface area contributed by atoms with Crippen molar-refractivity contribution in [2.75, 3.05) is 12.0 Å². The van der Waals surface area contributed by atoms with Crippen molar-refractivity contribution in [3.05, 3.63) is 35.4 Å². The molecular formula is C18H25NO2. The molecule has 1 aromatic carbocycles. The van der Waals surface area contributed by atoms with Gasteiger partial charge in [0, 0.05) is 11.3 Å². The van der Waals surface area contributed by atoms with Gasteiger partial charge in [0.1, 0.15) is 5.54 Å². The van der Waals surface area contributed by atoms with Gasteiger partial charge in [-0.15, -0.1) is 0 Å². The molecule has 0 radical (unpaired) electrons. The second kappa shape index (κ2) is 4.90. The summed E-state index contributed by atoms with van der Waals surface area (Å²) in [6, 6.07) is 6.39. The summed E-state index contributed by atoms with van der Waals surface area (Å²) in [5, 5.41) is 0. The number of anilines is 1. The molecule has 114 valence electrons. The Morgan fingerprint density at radius 3 is 2.43 bits per heavy atom. The monoisotopic (exact) mass is 287 g/mol. The van der Waals surface area contributed by atoms with Crippen LogP contribution in [0.4, 0.5) is 5.69 Å². The predicted molar refractivity (Wildman–Crippen MR) is 87.5 cm³/mol. The van der Waals surface area contributed by atoms with Gasteiger partial charge in [-0.1, -0.05) is 18.2 Å². The summed E-state index contributed by atoms with van der Waals surface area (Å²) in [6.45, 7) is 12.3. The van der Waals surface area contributed by atoms with Crippen LogP contribution in [-0.2, 0) is 9.53 Å². The first-order valence-corrected chi connectivity index (χ1v) is 7.30. The molecule has 2 rings (SSSR count). The number of aryl methyl sites for hydroxylation is 1. The molecule has 0 amide bonds. The highest BCUT2D eigenvalue weighted by molar-refractivity contribution is 5.90. The average Bonchev–Trinajstić information content (AvgIpc) is 2.35. The van der Waals surface area contributed by atoms with Crippen LogP contribution in [0.5, 0.6) is 0 Å². The van der Waals surface area contributed by atoms with Gasteiger partial charge in [0.2, 0.25) is 0 Å². The van der Waals surface area contributed by atoms with Gasteiger partial charge in [-0.3, -0.25) is 0 Å². The summed E-state index contributed by atoms with van der Waals surface area (Å²) in [4.78, 5) is 14.5. The number of hydrogen-bond acceptors (Lipinski definition) is 3. The van der Waals surface area contributed by atoms with Crippen molar-refractivity contribution >= 4 is 17.2 Å². The molecule has 0 atom stereocenters. The zero-order valence-corrected chi connectivity index (χ0v) is 14.1. The summed E-state index contributed by atoms with van der Waals surface area (Å²) < 4.78 is 5.03. The third-order valence-corrected chi connectivity index (χ3v) is 4.21. The molecule has 0 aromatic heterocycles. The number of nitrogens with zero attached hydrogens (tertiary/aromatic N) is 1. The van der Waals surface area contributed by atoms with Gasteiger partial charge >= 0.3 is 5.97 Å². The second-order valence-electron chi connectivity index (χ2n) is 6.89. The predicted octanol–water partition coefficient (Wildman–Crippen LogP) is 3.95. The zero-order valence-electron chi connectivity index (χ0n) is 14.1. The minimum atomic E-state index is -0.738. The molecule has 0 bridgehead atoms. The maximum Gasteiger partial charge on any atom is 0.331 e. The number of ether oxygens (including phenoxy) is 1. The Morgan fingerprint density at radius 1 is 1.24 bits per heavy atom. The van der Waals surface area contributed by atoms with E-state index in [9.17, 15) is 4.79 Å². The van der Waals surface area contributed by atoms with Crippen LogP contribution in [0.25, 0.3) is 5.57 Å². The van der Waals surface area contributed by atoms with Gasteiger partial charge in [0.15, 0.2) is 0 Å². The van der Waals surface area contributed by atoms with Gasteiger partial charge in [0.25, 0.3) is 0 Å². The lowest BCUT2D eigenvalue weighted by atomic mass is 9.83. The summed E-state index contributed by atoms with van der Waals surface area (Å²) >= 11 is 0. The molecule has 0 unspecified atom stereocenters. The molecule has 3 nitrogen and oxygen atoms in total. The maximum atomic E-state index is 12.3. The lowest BCUT2D eigenvalue weighted by Gasteiger charge is -2.50. The van der Waals surface area contributed by atoms with Crippen molar-refractivity contribution in [1.82, 2.24) is 0 Å². The summed E-state index contributed by atoms with van der Waals surface area (Å²) in [7, 11) is 1.44. The Balaban J connectivity index is 2.70. The van der Waals surface area contributed by atoms with Gasteiger partial charge in [-0.25, -0.2) is 4.79 Å². The lowest BCUT2D eigenvalue weighted by molar-refractivity contribution is -0.146. The number of allylic oxidation sites excluding steroid dienone is 1. The third-order valence-electron chi connectivity index (χ3n) is 4.21. The number of esters is 1. The number of rotatable bonds is 2. The van der Waals surface area contributed by atoms with Crippen molar-refractivity contribution in [2.45, 2.75) is 52.6 Å². The molecule has 0 saturated carbocycles. The number of benzene rings is 1. The highest BCUT2D eigenvalue weighted by Crippen LogP contribution is 2.43. The minimum absolute atomic E-state index is 0.226. The van der Waals surface area contributed by atoms with Crippen molar-refractivity contribution in [3.63, 3.8) is 0 Å². The molecule has 1 heterocycles. The molecule has 0 aliphatic carbocycles. The Hall–Kier alpha value is -1.77. The van der Waals surface area contributed by atoms with E-state index in [1.54, 1.807) is 0 Å². The van der Waals surface area contributed by atoms with Crippen LogP contribution in [0.3, 0.4) is 0 Å². The lowest BCUT2D eigenvalue weighted by Crippen LogP contribution is -2.60. The van der Waals surface area contributed by atoms with Gasteiger partial charge < -0.3 is 9.64 Å². The van der Waals surface area contributed by atoms with Gasteiger partial charge in [-0.05, 0) is 58.7 Å². The van der Waals surface area contributed by atoms with E-state index in [0.717, 1.165) is 5.69 Å². The molecule has 0 fully saturated rings. The summed E-state index contributed by atoms with van der Waals surface area (Å²) in [6.07, 6.45) is 2.22. The van der Waals surface area contributed by atoms with Gasteiger partial charge in [0.05, 0.1) is 12.6 Å². The first kappa shape index (κ1) is 15.6. The zero-order chi connectivity index (χ0) is 16.0. The maximum absolute atomic E-state index is 12.3. The van der Waals surface area contributed by atoms with Crippen molar-refractivity contribution in [1.29, 1.82) is 0 Å². The first-order chi connectivity index (χ1) is 9.61. The Labute approximate surface area is 127 Å². The van der Waals surface area contributed by atoms with Crippen LogP contribution in [0.15, 0.2) is 24.3 Å². The van der Waals surface area contributed by atoms with Crippen molar-refractivity contribution in [2.24, 2.45) is 0 Å². The minimum Gasteiger partial charge on any atom is -0.467 e. The van der Waals surface area contributed by atoms with Crippen molar-refractivity contribution in [3.8, 4) is 0 Å². The molecule has 1 aliphatic heterocycles. The Kier molecular flexibility index (Phi) is 3.64. The van der Waals surface area contributed by atoms with Crippen LogP contribution in [0.1, 0.15) is 45.7 Å². The molecular weight excluding hydrogens is 262 g/mol. The average molecular weight is 287 g/mol. The standard InChI is InChI=1S/C18H25NO2/c1-12-8-9-14-13(2)11-17(3,4)19(15(14)10-12)18(5,6)16(20)21-7/h8-11H,1-7H3. The fourth-order valence-corrected chi connectivity index (χ4v) is 3.51. The number of methoxy groups -OCH3 is 1. The van der Waals surface area contributed by atoms with Crippen LogP contribution in [0, 0.1) is 6.92 Å². The van der Waals surface area contributed by atoms with E-state index in [2.05, 4.69) is 56.9 Å². The quantitative estimate of drug-likeness (QED) is 0.771. The van der Waals surface area contributed by atoms with E-state index in [1.165, 1.54) is 23.8 Å². The van der Waals surface area contributed by atoms with E-state index in [4.69, 9.17) is 4.74 Å². The second-order valence-corrected chi connectivity index (χ2v) is 6.89. The molecule has 1 aliphatic rings. The molecule has 0 spiro atoms. The molecule has 3 heteroatoms. The smallest absolute Gasteiger partial charge is 0.331 e. The SMILES string of the molecule is COC(=O)C(C)(C)N1c2cc(C)ccc2C(C)=CC1(C)C. The molecule has 0 N–H and O–H groups in total. The first-order valence-electron chi connectivity index (χ1n) is 7.30. The van der Waals surface area contributed by atoms with Crippen LogP contribution in [0.2, 0.25) is 0 Å². The van der Waals surface area contributed by atoms with Gasteiger partial charge in [-0.2, -0.15) is 0 Å². The molecule has 0 saturated heterocycles. The Morgan fingerprint density at radius 2 is 1.86 bits per heavy atom. The van der Waals surface area contributed by atoms with E-state index in [0.29, 0.717) is 0 Å². The topological polar surface area (TPSA) is 29.5 Å². The Bertz CT molecular complexity index is 612. The highest BCUT2D eigenvalue weighted by Gasteiger charge is 2.45. The largest absolute Gasteiger partial charge is 0.467 e. The third kappa shape index (κ3) is 2.45. The summed E-state index contributed by atoms with van der Waals surface area (Å²) in [5.41, 5.74) is 3.70. The van der Waals surface area contributed by atoms with Crippen LogP contribution >= 0.6 is 0 Å². The van der Waals surface area contributed by atoms with Crippen molar-refractivity contribution < 1.29 is 9.53 Å². The number of hydrogen-bond donors (Lipinski definition) is 0. The summed E-state index contributed by atoms with van der Waals surface area (Å²) in [5.74, 6) is -0.226. The van der Waals surface area contributed by atoms with Crippen LogP contribution in [-0.4, -0.2) is 24.2 Å². The molecule has 1 aromatic rings. The normalized spacial score (nSPS) is 17.1. The fourth-order valence-electron chi connectivity index (χ4n) is 3.51. The van der Waals surface area contributed by atoms with E-state index < -0.39 is 5.54 Å². The van der Waals surface area contributed by atoms with E-state index in [-0.39, 0.29) is 11.5 Å². The number of carbonyl (C=O) groups excluding carboxylic acids is 1. The fraction of sp³-hybridized carbons (Fsp3) is 0.500. The number of carbonyl (C=O) groups is 1. The highest BCUT2D eigenvalue weighted by atomic mass is 16.5. The van der Waals surface area contributed by atoms with E-state index >= 15 is 0 Å². The van der Waals surface area contributed by atoms with Crippen LogP contribution < -0.4 is 4.90 Å². The van der Waals surface area contributed by atoms with E-state index in [1.807, 2.05) is 13.8 Å². The molecule has 21 heavy (non-hydrogen) atoms.